The molecule has 1 aromatic rings. The molecule has 1 aromatic heterocycles. The van der Waals surface area contributed by atoms with Crippen molar-refractivity contribution in [3.8, 4) is 0 Å². The summed E-state index contributed by atoms with van der Waals surface area (Å²) >= 11 is 0. The molecule has 1 heterocycles. The minimum absolute atomic E-state index is 0.299. The summed E-state index contributed by atoms with van der Waals surface area (Å²) in [5.41, 5.74) is 9.05. The van der Waals surface area contributed by atoms with Crippen molar-refractivity contribution in [2.24, 2.45) is 5.73 Å². The maximum atomic E-state index is 6.04. The highest BCUT2D eigenvalue weighted by molar-refractivity contribution is 5.28. The van der Waals surface area contributed by atoms with Crippen LogP contribution >= 0.6 is 0 Å². The standard InChI is InChI=1S/C12H20N2/c1-8(2)11-7-6-10(9(3)14-11)12(4,5)13/h6-8H,13H2,1-5H3. The zero-order valence-corrected chi connectivity index (χ0v) is 9.76. The van der Waals surface area contributed by atoms with E-state index in [2.05, 4.69) is 31.0 Å². The molecular formula is C12H20N2. The van der Waals surface area contributed by atoms with Gasteiger partial charge in [0.05, 0.1) is 0 Å². The molecule has 0 amide bonds. The van der Waals surface area contributed by atoms with Crippen LogP contribution in [0.15, 0.2) is 12.1 Å². The summed E-state index contributed by atoms with van der Waals surface area (Å²) in [7, 11) is 0. The Morgan fingerprint density at radius 1 is 1.29 bits per heavy atom. The van der Waals surface area contributed by atoms with Gasteiger partial charge in [0.25, 0.3) is 0 Å². The number of hydrogen-bond donors (Lipinski definition) is 1. The lowest BCUT2D eigenvalue weighted by atomic mass is 9.93. The number of pyridine rings is 1. The highest BCUT2D eigenvalue weighted by Crippen LogP contribution is 2.22. The molecule has 0 radical (unpaired) electrons. The first-order valence-corrected chi connectivity index (χ1v) is 5.09. The Morgan fingerprint density at radius 2 is 1.86 bits per heavy atom. The van der Waals surface area contributed by atoms with Crippen molar-refractivity contribution < 1.29 is 0 Å². The lowest BCUT2D eigenvalue weighted by Crippen LogP contribution is -2.30. The van der Waals surface area contributed by atoms with Crippen molar-refractivity contribution in [3.63, 3.8) is 0 Å². The highest BCUT2D eigenvalue weighted by atomic mass is 14.8. The van der Waals surface area contributed by atoms with E-state index in [0.29, 0.717) is 5.92 Å². The van der Waals surface area contributed by atoms with Gasteiger partial charge in [-0.05, 0) is 38.3 Å². The number of aromatic nitrogens is 1. The van der Waals surface area contributed by atoms with Crippen LogP contribution in [0.25, 0.3) is 0 Å². The minimum Gasteiger partial charge on any atom is -0.322 e. The zero-order valence-electron chi connectivity index (χ0n) is 9.76. The first-order valence-electron chi connectivity index (χ1n) is 5.09. The molecule has 0 saturated heterocycles. The lowest BCUT2D eigenvalue weighted by molar-refractivity contribution is 0.546. The number of rotatable bonds is 2. The van der Waals surface area contributed by atoms with Gasteiger partial charge >= 0.3 is 0 Å². The third kappa shape index (κ3) is 2.32. The molecule has 2 heteroatoms. The second-order valence-corrected chi connectivity index (χ2v) is 4.75. The van der Waals surface area contributed by atoms with E-state index in [-0.39, 0.29) is 5.54 Å². The smallest absolute Gasteiger partial charge is 0.0432 e. The van der Waals surface area contributed by atoms with Gasteiger partial charge in [-0.25, -0.2) is 0 Å². The zero-order chi connectivity index (χ0) is 10.9. The Hall–Kier alpha value is -0.890. The Labute approximate surface area is 86.5 Å². The van der Waals surface area contributed by atoms with Gasteiger partial charge in [0.15, 0.2) is 0 Å². The molecule has 1 rings (SSSR count). The predicted octanol–water partition coefficient (Wildman–Crippen LogP) is 2.71. The fourth-order valence-corrected chi connectivity index (χ4v) is 1.58. The van der Waals surface area contributed by atoms with Crippen molar-refractivity contribution in [1.29, 1.82) is 0 Å². The summed E-state index contributed by atoms with van der Waals surface area (Å²) in [4.78, 5) is 4.56. The van der Waals surface area contributed by atoms with Crippen molar-refractivity contribution in [3.05, 3.63) is 29.1 Å². The van der Waals surface area contributed by atoms with Gasteiger partial charge in [0.1, 0.15) is 0 Å². The number of hydrogen-bond acceptors (Lipinski definition) is 2. The molecule has 0 aliphatic heterocycles. The second kappa shape index (κ2) is 3.70. The topological polar surface area (TPSA) is 38.9 Å². The number of nitrogens with two attached hydrogens (primary N) is 1. The average Bonchev–Trinajstić information content (AvgIpc) is 2.01. The Morgan fingerprint density at radius 3 is 2.21 bits per heavy atom. The van der Waals surface area contributed by atoms with Gasteiger partial charge < -0.3 is 5.73 Å². The van der Waals surface area contributed by atoms with E-state index in [1.54, 1.807) is 0 Å². The first kappa shape index (κ1) is 11.2. The summed E-state index contributed by atoms with van der Waals surface area (Å²) < 4.78 is 0. The Balaban J connectivity index is 3.15. The Bertz CT molecular complexity index is 322. The maximum absolute atomic E-state index is 6.04. The molecule has 78 valence electrons. The van der Waals surface area contributed by atoms with Crippen LogP contribution in [-0.4, -0.2) is 4.98 Å². The largest absolute Gasteiger partial charge is 0.322 e. The van der Waals surface area contributed by atoms with Gasteiger partial charge in [0.2, 0.25) is 0 Å². The van der Waals surface area contributed by atoms with Crippen molar-refractivity contribution in [2.45, 2.75) is 46.1 Å². The quantitative estimate of drug-likeness (QED) is 0.782. The van der Waals surface area contributed by atoms with Gasteiger partial charge in [-0.1, -0.05) is 19.9 Å². The fourth-order valence-electron chi connectivity index (χ4n) is 1.58. The van der Waals surface area contributed by atoms with Crippen LogP contribution < -0.4 is 5.73 Å². The third-order valence-corrected chi connectivity index (χ3v) is 2.39. The van der Waals surface area contributed by atoms with Crippen molar-refractivity contribution >= 4 is 0 Å². The van der Waals surface area contributed by atoms with Crippen molar-refractivity contribution in [2.75, 3.05) is 0 Å². The van der Waals surface area contributed by atoms with E-state index in [1.165, 1.54) is 0 Å². The highest BCUT2D eigenvalue weighted by Gasteiger charge is 2.17. The summed E-state index contributed by atoms with van der Waals surface area (Å²) in [6, 6.07) is 4.17. The van der Waals surface area contributed by atoms with Crippen LogP contribution in [-0.2, 0) is 5.54 Å². The van der Waals surface area contributed by atoms with Gasteiger partial charge in [-0.15, -0.1) is 0 Å². The van der Waals surface area contributed by atoms with E-state index in [0.717, 1.165) is 17.0 Å². The van der Waals surface area contributed by atoms with E-state index in [1.807, 2.05) is 20.8 Å². The van der Waals surface area contributed by atoms with E-state index in [4.69, 9.17) is 5.73 Å². The maximum Gasteiger partial charge on any atom is 0.0432 e. The number of aryl methyl sites for hydroxylation is 1. The minimum atomic E-state index is -0.299. The molecular weight excluding hydrogens is 172 g/mol. The van der Waals surface area contributed by atoms with Gasteiger partial charge in [-0.2, -0.15) is 0 Å². The molecule has 0 bridgehead atoms. The van der Waals surface area contributed by atoms with Crippen LogP contribution in [0.3, 0.4) is 0 Å². The molecule has 0 aromatic carbocycles. The van der Waals surface area contributed by atoms with Gasteiger partial charge in [-0.3, -0.25) is 4.98 Å². The van der Waals surface area contributed by atoms with E-state index in [9.17, 15) is 0 Å². The van der Waals surface area contributed by atoms with Crippen LogP contribution in [0.5, 0.6) is 0 Å². The van der Waals surface area contributed by atoms with Gasteiger partial charge in [0, 0.05) is 16.9 Å². The second-order valence-electron chi connectivity index (χ2n) is 4.75. The molecule has 0 spiro atoms. The van der Waals surface area contributed by atoms with Crippen LogP contribution in [0, 0.1) is 6.92 Å². The normalized spacial score (nSPS) is 12.2. The third-order valence-electron chi connectivity index (χ3n) is 2.39. The van der Waals surface area contributed by atoms with Crippen LogP contribution in [0.1, 0.15) is 50.6 Å². The summed E-state index contributed by atoms with van der Waals surface area (Å²) in [5, 5.41) is 0. The molecule has 0 aliphatic carbocycles. The molecule has 0 atom stereocenters. The average molecular weight is 192 g/mol. The molecule has 0 saturated carbocycles. The fraction of sp³-hybridized carbons (Fsp3) is 0.583. The Kier molecular flexibility index (Phi) is 2.95. The first-order chi connectivity index (χ1) is 6.32. The summed E-state index contributed by atoms with van der Waals surface area (Å²) in [6.45, 7) is 10.3. The summed E-state index contributed by atoms with van der Waals surface area (Å²) in [5.74, 6) is 0.476. The molecule has 2 N–H and O–H groups in total. The molecule has 0 aliphatic rings. The van der Waals surface area contributed by atoms with E-state index < -0.39 is 0 Å². The molecule has 14 heavy (non-hydrogen) atoms. The van der Waals surface area contributed by atoms with Crippen molar-refractivity contribution in [1.82, 2.24) is 4.98 Å². The number of nitrogens with zero attached hydrogens (tertiary/aromatic N) is 1. The summed E-state index contributed by atoms with van der Waals surface area (Å²) in [6.07, 6.45) is 0. The van der Waals surface area contributed by atoms with Crippen LogP contribution in [0.4, 0.5) is 0 Å². The molecule has 0 fully saturated rings. The monoisotopic (exact) mass is 192 g/mol. The van der Waals surface area contributed by atoms with E-state index >= 15 is 0 Å². The predicted molar refractivity (Wildman–Crippen MR) is 60.3 cm³/mol. The SMILES string of the molecule is Cc1nc(C(C)C)ccc1C(C)(C)N. The van der Waals surface area contributed by atoms with Crippen LogP contribution in [0.2, 0.25) is 0 Å². The molecule has 2 nitrogen and oxygen atoms in total. The molecule has 0 unspecified atom stereocenters. The lowest BCUT2D eigenvalue weighted by Gasteiger charge is -2.21.